The average molecular weight is 462 g/mol. The Bertz CT molecular complexity index is 525. The highest BCUT2D eigenvalue weighted by atomic mass is 127. The number of hydrogen-bond acceptors (Lipinski definition) is 5. The van der Waals surface area contributed by atoms with Crippen molar-refractivity contribution >= 4 is 28.6 Å². The number of hydrogen-bond donors (Lipinski definition) is 3. The maximum absolute atomic E-state index is 12.9. The lowest BCUT2D eigenvalue weighted by Crippen LogP contribution is -2.70. The van der Waals surface area contributed by atoms with Crippen LogP contribution in [0.25, 0.3) is 0 Å². The molecule has 0 radical (unpaired) electrons. The number of halogens is 7. The molecule has 0 aromatic carbocycles. The van der Waals surface area contributed by atoms with Gasteiger partial charge in [-0.2, -0.15) is 26.3 Å². The van der Waals surface area contributed by atoms with E-state index < -0.39 is 38.6 Å². The van der Waals surface area contributed by atoms with Crippen LogP contribution in [0.3, 0.4) is 0 Å². The van der Waals surface area contributed by atoms with Crippen molar-refractivity contribution in [3.8, 4) is 0 Å². The van der Waals surface area contributed by atoms with Crippen LogP contribution in [0.1, 0.15) is 20.8 Å². The first kappa shape index (κ1) is 19.0. The van der Waals surface area contributed by atoms with Gasteiger partial charge in [0.05, 0.1) is 6.17 Å². The Morgan fingerprint density at radius 2 is 1.43 bits per heavy atom. The SMILES string of the molecule is CC(C)(OC(=O)C(C)(I)C12NC1N2)C(O)(C(F)(F)F)C(F)(F)F. The molecule has 2 fully saturated rings. The van der Waals surface area contributed by atoms with Crippen molar-refractivity contribution in [2.75, 3.05) is 0 Å². The molecule has 1 unspecified atom stereocenters. The summed E-state index contributed by atoms with van der Waals surface area (Å²) in [4.78, 5) is 12.1. The minimum atomic E-state index is -6.09. The second-order valence-corrected chi connectivity index (χ2v) is 8.30. The lowest BCUT2D eigenvalue weighted by Gasteiger charge is -2.44. The van der Waals surface area contributed by atoms with Gasteiger partial charge in [-0.3, -0.25) is 15.4 Å². The average Bonchev–Trinajstić information content (AvgIpc) is 3.11. The molecule has 2 rings (SSSR count). The summed E-state index contributed by atoms with van der Waals surface area (Å²) in [7, 11) is 0. The van der Waals surface area contributed by atoms with Crippen molar-refractivity contribution in [1.29, 1.82) is 0 Å². The largest absolute Gasteiger partial charge is 0.455 e. The van der Waals surface area contributed by atoms with Gasteiger partial charge in [-0.15, -0.1) is 0 Å². The third kappa shape index (κ3) is 2.43. The molecule has 134 valence electrons. The molecule has 0 aliphatic carbocycles. The Hall–Kier alpha value is -0.340. The van der Waals surface area contributed by atoms with Crippen LogP contribution in [-0.2, 0) is 9.53 Å². The molecule has 0 bridgehead atoms. The van der Waals surface area contributed by atoms with Gasteiger partial charge < -0.3 is 9.84 Å². The van der Waals surface area contributed by atoms with Crippen molar-refractivity contribution in [1.82, 2.24) is 10.6 Å². The van der Waals surface area contributed by atoms with E-state index in [1.165, 1.54) is 6.92 Å². The van der Waals surface area contributed by atoms with E-state index >= 15 is 0 Å². The second-order valence-electron chi connectivity index (χ2n) is 6.14. The van der Waals surface area contributed by atoms with Gasteiger partial charge in [0.15, 0.2) is 9.02 Å². The van der Waals surface area contributed by atoms with Gasteiger partial charge in [-0.1, -0.05) is 22.6 Å². The van der Waals surface area contributed by atoms with Crippen LogP contribution in [0.15, 0.2) is 0 Å². The van der Waals surface area contributed by atoms with Gasteiger partial charge >= 0.3 is 18.3 Å². The van der Waals surface area contributed by atoms with E-state index in [4.69, 9.17) is 0 Å². The zero-order chi connectivity index (χ0) is 18.3. The molecule has 2 aliphatic rings. The van der Waals surface area contributed by atoms with Gasteiger partial charge in [0, 0.05) is 0 Å². The molecule has 12 heteroatoms. The van der Waals surface area contributed by atoms with E-state index in [9.17, 15) is 36.2 Å². The summed E-state index contributed by atoms with van der Waals surface area (Å²) in [5.41, 5.74) is -9.39. The molecule has 0 aromatic heterocycles. The second kappa shape index (κ2) is 4.64. The normalized spacial score (nSPS) is 30.3. The van der Waals surface area contributed by atoms with Gasteiger partial charge in [0.1, 0.15) is 5.66 Å². The Labute approximate surface area is 140 Å². The van der Waals surface area contributed by atoms with Crippen molar-refractivity contribution in [2.45, 2.75) is 59.6 Å². The Kier molecular flexibility index (Phi) is 3.83. The number of nitrogens with one attached hydrogen (secondary N) is 2. The van der Waals surface area contributed by atoms with E-state index in [-0.39, 0.29) is 6.17 Å². The number of ether oxygens (including phenoxy) is 1. The molecule has 3 N–H and O–H groups in total. The van der Waals surface area contributed by atoms with Crippen molar-refractivity contribution < 1.29 is 41.0 Å². The predicted molar refractivity (Wildman–Crippen MR) is 72.4 cm³/mol. The lowest BCUT2D eigenvalue weighted by molar-refractivity contribution is -0.407. The summed E-state index contributed by atoms with van der Waals surface area (Å²) in [5.74, 6) is -1.31. The number of esters is 1. The maximum Gasteiger partial charge on any atom is 0.430 e. The van der Waals surface area contributed by atoms with Crippen LogP contribution in [0.5, 0.6) is 0 Å². The molecule has 0 saturated carbocycles. The molecule has 23 heavy (non-hydrogen) atoms. The molecule has 1 atom stereocenters. The minimum Gasteiger partial charge on any atom is -0.455 e. The summed E-state index contributed by atoms with van der Waals surface area (Å²) in [5, 5.41) is 15.0. The smallest absolute Gasteiger partial charge is 0.430 e. The Morgan fingerprint density at radius 1 is 1.09 bits per heavy atom. The first-order chi connectivity index (χ1) is 9.94. The van der Waals surface area contributed by atoms with E-state index in [2.05, 4.69) is 15.4 Å². The number of alkyl halides is 7. The zero-order valence-electron chi connectivity index (χ0n) is 12.0. The standard InChI is InChI=1S/C11H13F6IN2O3/c1-6(2,9(22,10(12,13)14)11(15,16)17)23-5(21)7(3,18)8-4(19-8)20-8/h4,19-20,22H,1-3H3. The highest BCUT2D eigenvalue weighted by molar-refractivity contribution is 14.1. The van der Waals surface area contributed by atoms with Crippen LogP contribution in [0.4, 0.5) is 26.3 Å². The predicted octanol–water partition coefficient (Wildman–Crippen LogP) is 1.59. The minimum absolute atomic E-state index is 0.232. The van der Waals surface area contributed by atoms with Crippen molar-refractivity contribution in [2.24, 2.45) is 0 Å². The number of aliphatic hydroxyl groups is 1. The zero-order valence-corrected chi connectivity index (χ0v) is 14.1. The Morgan fingerprint density at radius 3 is 1.70 bits per heavy atom. The molecular formula is C11H13F6IN2O3. The van der Waals surface area contributed by atoms with Crippen LogP contribution >= 0.6 is 22.6 Å². The molecule has 0 spiro atoms. The molecule has 2 aliphatic heterocycles. The Balaban J connectivity index is 2.30. The van der Waals surface area contributed by atoms with E-state index in [1.807, 2.05) is 0 Å². The topological polar surface area (TPSA) is 90.4 Å². The van der Waals surface area contributed by atoms with E-state index in [0.717, 1.165) is 0 Å². The summed E-state index contributed by atoms with van der Waals surface area (Å²) < 4.78 is 80.5. The van der Waals surface area contributed by atoms with Crippen molar-refractivity contribution in [3.05, 3.63) is 0 Å². The third-order valence-electron chi connectivity index (χ3n) is 4.17. The maximum atomic E-state index is 12.9. The third-order valence-corrected chi connectivity index (χ3v) is 5.47. The monoisotopic (exact) mass is 462 g/mol. The lowest BCUT2D eigenvalue weighted by atomic mass is 9.83. The van der Waals surface area contributed by atoms with Crippen LogP contribution in [0, 0.1) is 0 Å². The van der Waals surface area contributed by atoms with Crippen molar-refractivity contribution in [3.63, 3.8) is 0 Å². The summed E-state index contributed by atoms with van der Waals surface area (Å²) in [6.07, 6.45) is -12.4. The molecule has 0 amide bonds. The molecule has 0 aromatic rings. The van der Waals surface area contributed by atoms with E-state index in [1.54, 1.807) is 22.6 Å². The number of carbonyl (C=O) groups excluding carboxylic acids is 1. The fourth-order valence-electron chi connectivity index (χ4n) is 2.32. The van der Waals surface area contributed by atoms with Crippen LogP contribution < -0.4 is 10.6 Å². The molecule has 5 nitrogen and oxygen atoms in total. The highest BCUT2D eigenvalue weighted by Gasteiger charge is 2.82. The molecular weight excluding hydrogens is 449 g/mol. The fourth-order valence-corrected chi connectivity index (χ4v) is 3.05. The quantitative estimate of drug-likeness (QED) is 0.194. The number of fused-ring (bicyclic) bond motifs is 1. The van der Waals surface area contributed by atoms with E-state index in [0.29, 0.717) is 13.8 Å². The molecule has 2 heterocycles. The summed E-state index contributed by atoms with van der Waals surface area (Å²) in [6, 6.07) is 0. The number of rotatable bonds is 4. The summed E-state index contributed by atoms with van der Waals surface area (Å²) >= 11 is 1.58. The van der Waals surface area contributed by atoms with Gasteiger partial charge in [0.25, 0.3) is 5.60 Å². The van der Waals surface area contributed by atoms with Gasteiger partial charge in [-0.25, -0.2) is 0 Å². The first-order valence-electron chi connectivity index (χ1n) is 6.27. The fraction of sp³-hybridized carbons (Fsp3) is 0.909. The highest BCUT2D eigenvalue weighted by Crippen LogP contribution is 2.54. The first-order valence-corrected chi connectivity index (χ1v) is 7.35. The number of carbonyl (C=O) groups is 1. The van der Waals surface area contributed by atoms with Crippen LogP contribution in [-0.4, -0.2) is 49.9 Å². The van der Waals surface area contributed by atoms with Crippen LogP contribution in [0.2, 0.25) is 0 Å². The molecule has 2 saturated heterocycles. The van der Waals surface area contributed by atoms with Gasteiger partial charge in [0.2, 0.25) is 0 Å². The summed E-state index contributed by atoms with van der Waals surface area (Å²) in [6.45, 7) is 2.04. The van der Waals surface area contributed by atoms with Gasteiger partial charge in [-0.05, 0) is 20.8 Å².